The first-order chi connectivity index (χ1) is 6.67. The molecule has 1 aromatic rings. The molecule has 0 N–H and O–H groups in total. The van der Waals surface area contributed by atoms with Crippen molar-refractivity contribution in [1.82, 2.24) is 0 Å². The van der Waals surface area contributed by atoms with E-state index < -0.39 is 6.16 Å². The van der Waals surface area contributed by atoms with E-state index in [4.69, 9.17) is 0 Å². The minimum Gasteiger partial charge on any atom is -0.514 e. The predicted octanol–water partition coefficient (Wildman–Crippen LogP) is 0.784. The maximum Gasteiger partial charge on any atom is 0.257 e. The van der Waals surface area contributed by atoms with E-state index in [0.29, 0.717) is 23.8 Å². The maximum absolute atomic E-state index is 10.4. The molecule has 14 heavy (non-hydrogen) atoms. The van der Waals surface area contributed by atoms with Crippen molar-refractivity contribution in [2.24, 2.45) is 0 Å². The minimum atomic E-state index is -1.60. The number of carbonyl (C=O) groups excluding carboxylic acids is 2. The van der Waals surface area contributed by atoms with Crippen LogP contribution in [0, 0.1) is 0 Å². The van der Waals surface area contributed by atoms with Gasteiger partial charge >= 0.3 is 0 Å². The van der Waals surface area contributed by atoms with Crippen molar-refractivity contribution < 1.29 is 19.4 Å². The van der Waals surface area contributed by atoms with Crippen molar-refractivity contribution in [1.29, 1.82) is 0 Å². The zero-order valence-electron chi connectivity index (χ0n) is 7.65. The molecule has 0 atom stereocenters. The van der Waals surface area contributed by atoms with Crippen LogP contribution in [-0.4, -0.2) is 12.4 Å². The second-order valence-electron chi connectivity index (χ2n) is 2.69. The quantitative estimate of drug-likeness (QED) is 0.404. The van der Waals surface area contributed by atoms with E-state index in [1.165, 1.54) is 12.1 Å². The zero-order chi connectivity index (χ0) is 10.6. The Bertz CT molecular complexity index is 357. The third-order valence-corrected chi connectivity index (χ3v) is 1.79. The molecule has 0 unspecified atom stereocenters. The first kappa shape index (κ1) is 10.2. The van der Waals surface area contributed by atoms with Crippen LogP contribution >= 0.6 is 0 Å². The van der Waals surface area contributed by atoms with Crippen LogP contribution in [0.1, 0.15) is 22.8 Å². The first-order valence-electron chi connectivity index (χ1n) is 4.14. The number of carbonyl (C=O) groups is 2. The van der Waals surface area contributed by atoms with E-state index in [9.17, 15) is 14.7 Å². The summed E-state index contributed by atoms with van der Waals surface area (Å²) in [4.78, 5) is 20.6. The molecule has 0 saturated carbocycles. The number of aldehydes is 1. The number of ether oxygens (including phenoxy) is 1. The van der Waals surface area contributed by atoms with Gasteiger partial charge in [0.05, 0.1) is 5.75 Å². The molecular weight excluding hydrogens is 184 g/mol. The molecule has 0 heterocycles. The van der Waals surface area contributed by atoms with Crippen LogP contribution < -0.4 is 9.84 Å². The number of rotatable bonds is 3. The van der Waals surface area contributed by atoms with E-state index in [2.05, 4.69) is 4.74 Å². The SMILES string of the molecule is CCc1cc(C=O)ccc1OC(=O)[O-]. The summed E-state index contributed by atoms with van der Waals surface area (Å²) in [5, 5.41) is 10.2. The molecule has 0 radical (unpaired) electrons. The Morgan fingerprint density at radius 2 is 2.29 bits per heavy atom. The van der Waals surface area contributed by atoms with Crippen LogP contribution in [0.5, 0.6) is 5.75 Å². The molecular formula is C10H9O4-. The Morgan fingerprint density at radius 3 is 2.79 bits per heavy atom. The molecule has 0 aliphatic carbocycles. The predicted molar refractivity (Wildman–Crippen MR) is 47.2 cm³/mol. The smallest absolute Gasteiger partial charge is 0.257 e. The molecule has 0 fully saturated rings. The van der Waals surface area contributed by atoms with Crippen molar-refractivity contribution in [3.8, 4) is 5.75 Å². The Labute approximate surface area is 81.1 Å². The fourth-order valence-electron chi connectivity index (χ4n) is 1.14. The van der Waals surface area contributed by atoms with Gasteiger partial charge < -0.3 is 14.6 Å². The zero-order valence-corrected chi connectivity index (χ0v) is 7.65. The summed E-state index contributed by atoms with van der Waals surface area (Å²) in [7, 11) is 0. The Hall–Kier alpha value is -1.84. The third-order valence-electron chi connectivity index (χ3n) is 1.79. The van der Waals surface area contributed by atoms with E-state index in [-0.39, 0.29) is 5.75 Å². The van der Waals surface area contributed by atoms with Crippen molar-refractivity contribution in [2.45, 2.75) is 13.3 Å². The van der Waals surface area contributed by atoms with Gasteiger partial charge in [-0.3, -0.25) is 4.79 Å². The van der Waals surface area contributed by atoms with Gasteiger partial charge in [0.2, 0.25) is 0 Å². The normalized spacial score (nSPS) is 9.50. The Morgan fingerprint density at radius 1 is 1.57 bits per heavy atom. The molecule has 0 aromatic heterocycles. The number of carboxylic acid groups (broad SMARTS) is 1. The molecule has 0 spiro atoms. The van der Waals surface area contributed by atoms with Crippen LogP contribution in [0.3, 0.4) is 0 Å². The van der Waals surface area contributed by atoms with Crippen LogP contribution in [0.15, 0.2) is 18.2 Å². The lowest BCUT2D eigenvalue weighted by molar-refractivity contribution is -0.271. The van der Waals surface area contributed by atoms with Crippen LogP contribution in [-0.2, 0) is 6.42 Å². The Balaban J connectivity index is 3.04. The number of benzene rings is 1. The van der Waals surface area contributed by atoms with Gasteiger partial charge in [-0.1, -0.05) is 6.92 Å². The highest BCUT2D eigenvalue weighted by molar-refractivity contribution is 5.76. The molecule has 1 aromatic carbocycles. The van der Waals surface area contributed by atoms with Gasteiger partial charge in [0.15, 0.2) is 0 Å². The average Bonchev–Trinajstić information content (AvgIpc) is 2.17. The second kappa shape index (κ2) is 4.41. The van der Waals surface area contributed by atoms with Gasteiger partial charge in [0, 0.05) is 5.56 Å². The van der Waals surface area contributed by atoms with Gasteiger partial charge in [0.25, 0.3) is 6.16 Å². The van der Waals surface area contributed by atoms with Crippen molar-refractivity contribution in [3.63, 3.8) is 0 Å². The highest BCUT2D eigenvalue weighted by Crippen LogP contribution is 2.19. The van der Waals surface area contributed by atoms with Gasteiger partial charge in [-0.05, 0) is 30.2 Å². The fraction of sp³-hybridized carbons (Fsp3) is 0.200. The van der Waals surface area contributed by atoms with Crippen molar-refractivity contribution in [3.05, 3.63) is 29.3 Å². The van der Waals surface area contributed by atoms with E-state index in [1.54, 1.807) is 6.07 Å². The Kier molecular flexibility index (Phi) is 3.23. The van der Waals surface area contributed by atoms with Crippen LogP contribution in [0.2, 0.25) is 0 Å². The fourth-order valence-corrected chi connectivity index (χ4v) is 1.14. The highest BCUT2D eigenvalue weighted by atomic mass is 16.7. The number of aryl methyl sites for hydroxylation is 1. The molecule has 0 bridgehead atoms. The summed E-state index contributed by atoms with van der Waals surface area (Å²) in [5.74, 6) is 0.220. The minimum absolute atomic E-state index is 0.220. The standard InChI is InChI=1S/C10H10O4/c1-2-8-5-7(6-11)3-4-9(8)14-10(12)13/h3-6H,2H2,1H3,(H,12,13)/p-1. The molecule has 4 heteroatoms. The average molecular weight is 193 g/mol. The van der Waals surface area contributed by atoms with Crippen molar-refractivity contribution >= 4 is 12.4 Å². The summed E-state index contributed by atoms with van der Waals surface area (Å²) in [6.45, 7) is 1.84. The summed E-state index contributed by atoms with van der Waals surface area (Å²) in [6.07, 6.45) is -0.315. The van der Waals surface area contributed by atoms with Gasteiger partial charge in [0.1, 0.15) is 6.29 Å². The monoisotopic (exact) mass is 193 g/mol. The molecule has 0 aliphatic rings. The van der Waals surface area contributed by atoms with Gasteiger partial charge in [-0.15, -0.1) is 0 Å². The summed E-state index contributed by atoms with van der Waals surface area (Å²) in [6, 6.07) is 4.52. The number of hydrogen-bond donors (Lipinski definition) is 0. The van der Waals surface area contributed by atoms with E-state index >= 15 is 0 Å². The first-order valence-corrected chi connectivity index (χ1v) is 4.14. The summed E-state index contributed by atoms with van der Waals surface area (Å²) in [5.41, 5.74) is 1.16. The molecule has 0 saturated heterocycles. The van der Waals surface area contributed by atoms with E-state index in [1.807, 2.05) is 6.92 Å². The highest BCUT2D eigenvalue weighted by Gasteiger charge is 2.01. The third kappa shape index (κ3) is 2.32. The molecule has 1 rings (SSSR count). The maximum atomic E-state index is 10.4. The molecule has 0 aliphatic heterocycles. The topological polar surface area (TPSA) is 66.4 Å². The van der Waals surface area contributed by atoms with Gasteiger partial charge in [-0.25, -0.2) is 0 Å². The molecule has 4 nitrogen and oxygen atoms in total. The second-order valence-corrected chi connectivity index (χ2v) is 2.69. The van der Waals surface area contributed by atoms with Crippen LogP contribution in [0.25, 0.3) is 0 Å². The molecule has 0 amide bonds. The van der Waals surface area contributed by atoms with Crippen molar-refractivity contribution in [2.75, 3.05) is 0 Å². The molecule has 74 valence electrons. The van der Waals surface area contributed by atoms with Crippen LogP contribution in [0.4, 0.5) is 4.79 Å². The lowest BCUT2D eigenvalue weighted by atomic mass is 10.1. The van der Waals surface area contributed by atoms with E-state index in [0.717, 1.165) is 0 Å². The number of hydrogen-bond acceptors (Lipinski definition) is 4. The summed E-state index contributed by atoms with van der Waals surface area (Å²) >= 11 is 0. The largest absolute Gasteiger partial charge is 0.514 e. The lowest BCUT2D eigenvalue weighted by Gasteiger charge is -2.12. The van der Waals surface area contributed by atoms with Gasteiger partial charge in [-0.2, -0.15) is 0 Å². The lowest BCUT2D eigenvalue weighted by Crippen LogP contribution is -2.26. The summed E-state index contributed by atoms with van der Waals surface area (Å²) < 4.78 is 4.43.